The summed E-state index contributed by atoms with van der Waals surface area (Å²) in [7, 11) is 0. The molecule has 0 radical (unpaired) electrons. The first-order valence-electron chi connectivity index (χ1n) is 6.56. The van der Waals surface area contributed by atoms with Crippen LogP contribution in [0.4, 0.5) is 13.2 Å². The molecule has 0 spiro atoms. The molecule has 0 bridgehead atoms. The largest absolute Gasteiger partial charge is 0.472 e. The molecule has 1 aromatic heterocycles. The minimum atomic E-state index is -4.14. The highest BCUT2D eigenvalue weighted by Gasteiger charge is 2.47. The molecule has 3 unspecified atom stereocenters. The molecule has 1 aliphatic rings. The second-order valence-corrected chi connectivity index (χ2v) is 5.21. The van der Waals surface area contributed by atoms with E-state index in [1.54, 1.807) is 12.3 Å². The number of nitrogens with two attached hydrogens (primary N) is 1. The quantitative estimate of drug-likeness (QED) is 0.656. The van der Waals surface area contributed by atoms with Gasteiger partial charge in [0.05, 0.1) is 18.4 Å². The molecule has 1 aromatic rings. The van der Waals surface area contributed by atoms with Gasteiger partial charge in [0.1, 0.15) is 0 Å². The average Bonchev–Trinajstić information content (AvgIpc) is 2.88. The summed E-state index contributed by atoms with van der Waals surface area (Å²) < 4.78 is 44.2. The number of hydrazine groups is 1. The molecule has 1 aliphatic carbocycles. The maximum Gasteiger partial charge on any atom is 0.392 e. The van der Waals surface area contributed by atoms with Crippen molar-refractivity contribution in [1.82, 2.24) is 5.43 Å². The van der Waals surface area contributed by atoms with Crippen LogP contribution in [0.5, 0.6) is 0 Å². The van der Waals surface area contributed by atoms with E-state index in [0.29, 0.717) is 19.3 Å². The summed E-state index contributed by atoms with van der Waals surface area (Å²) in [5, 5.41) is 0. The molecule has 0 saturated heterocycles. The lowest BCUT2D eigenvalue weighted by Crippen LogP contribution is -2.49. The van der Waals surface area contributed by atoms with Gasteiger partial charge in [-0.15, -0.1) is 0 Å². The van der Waals surface area contributed by atoms with Gasteiger partial charge in [0.2, 0.25) is 0 Å². The van der Waals surface area contributed by atoms with Crippen molar-refractivity contribution in [1.29, 1.82) is 0 Å². The first kappa shape index (κ1) is 14.4. The van der Waals surface area contributed by atoms with Crippen molar-refractivity contribution in [2.24, 2.45) is 17.7 Å². The average molecular weight is 276 g/mol. The number of nitrogens with one attached hydrogen (secondary N) is 1. The van der Waals surface area contributed by atoms with Crippen molar-refractivity contribution >= 4 is 0 Å². The molecule has 0 amide bonds. The number of hydrogen-bond acceptors (Lipinski definition) is 3. The highest BCUT2D eigenvalue weighted by Crippen LogP contribution is 2.43. The molecule has 19 heavy (non-hydrogen) atoms. The highest BCUT2D eigenvalue weighted by atomic mass is 19.4. The van der Waals surface area contributed by atoms with Crippen LogP contribution in [0, 0.1) is 11.8 Å². The number of halogens is 3. The summed E-state index contributed by atoms with van der Waals surface area (Å²) in [4.78, 5) is 0. The van der Waals surface area contributed by atoms with Crippen LogP contribution in [0.25, 0.3) is 0 Å². The fourth-order valence-electron chi connectivity index (χ4n) is 3.04. The van der Waals surface area contributed by atoms with Crippen molar-refractivity contribution in [3.05, 3.63) is 24.2 Å². The van der Waals surface area contributed by atoms with E-state index < -0.39 is 18.0 Å². The molecule has 6 heteroatoms. The Morgan fingerprint density at radius 2 is 2.11 bits per heavy atom. The lowest BCUT2D eigenvalue weighted by Gasteiger charge is -2.37. The third kappa shape index (κ3) is 3.51. The SMILES string of the molecule is NNC(Cc1ccoc1)C1CCCCC1C(F)(F)F. The summed E-state index contributed by atoms with van der Waals surface area (Å²) in [6.45, 7) is 0. The molecule has 0 aliphatic heterocycles. The van der Waals surface area contributed by atoms with Crippen molar-refractivity contribution in [3.8, 4) is 0 Å². The lowest BCUT2D eigenvalue weighted by molar-refractivity contribution is -0.199. The van der Waals surface area contributed by atoms with Gasteiger partial charge in [-0.25, -0.2) is 0 Å². The van der Waals surface area contributed by atoms with Crippen LogP contribution in [0.3, 0.4) is 0 Å². The Bertz CT molecular complexity index is 378. The predicted molar refractivity (Wildman–Crippen MR) is 65.0 cm³/mol. The summed E-state index contributed by atoms with van der Waals surface area (Å²) in [6.07, 6.45) is 1.64. The smallest absolute Gasteiger partial charge is 0.392 e. The van der Waals surface area contributed by atoms with Crippen molar-refractivity contribution in [2.75, 3.05) is 0 Å². The molecule has 0 aromatic carbocycles. The van der Waals surface area contributed by atoms with Gasteiger partial charge in [-0.05, 0) is 36.8 Å². The molecule has 3 nitrogen and oxygen atoms in total. The van der Waals surface area contributed by atoms with Crippen LogP contribution in [0.2, 0.25) is 0 Å². The van der Waals surface area contributed by atoms with E-state index in [0.717, 1.165) is 12.0 Å². The second kappa shape index (κ2) is 5.96. The van der Waals surface area contributed by atoms with Gasteiger partial charge < -0.3 is 4.42 Å². The molecule has 1 saturated carbocycles. The standard InChI is InChI=1S/C13H19F3N2O/c14-13(15,16)11-4-2-1-3-10(11)12(18-17)7-9-5-6-19-8-9/h5-6,8,10-12,18H,1-4,7,17H2. The fourth-order valence-corrected chi connectivity index (χ4v) is 3.04. The summed E-state index contributed by atoms with van der Waals surface area (Å²) in [5.74, 6) is 3.76. The molecule has 2 rings (SSSR count). The van der Waals surface area contributed by atoms with Crippen LogP contribution >= 0.6 is 0 Å². The van der Waals surface area contributed by atoms with E-state index in [1.165, 1.54) is 6.26 Å². The number of rotatable bonds is 4. The molecular weight excluding hydrogens is 257 g/mol. The molecule has 3 atom stereocenters. The van der Waals surface area contributed by atoms with Gasteiger partial charge in [-0.3, -0.25) is 11.3 Å². The van der Waals surface area contributed by atoms with E-state index in [1.807, 2.05) is 0 Å². The van der Waals surface area contributed by atoms with E-state index >= 15 is 0 Å². The zero-order chi connectivity index (χ0) is 13.9. The Labute approximate surface area is 110 Å². The maximum absolute atomic E-state index is 13.1. The Morgan fingerprint density at radius 3 is 2.68 bits per heavy atom. The van der Waals surface area contributed by atoms with Gasteiger partial charge in [-0.1, -0.05) is 12.8 Å². The third-order valence-corrected chi connectivity index (χ3v) is 4.01. The third-order valence-electron chi connectivity index (χ3n) is 4.01. The fraction of sp³-hybridized carbons (Fsp3) is 0.692. The van der Waals surface area contributed by atoms with Crippen molar-refractivity contribution < 1.29 is 17.6 Å². The van der Waals surface area contributed by atoms with Gasteiger partial charge in [0, 0.05) is 6.04 Å². The maximum atomic E-state index is 13.1. The second-order valence-electron chi connectivity index (χ2n) is 5.21. The number of hydrogen-bond donors (Lipinski definition) is 2. The summed E-state index contributed by atoms with van der Waals surface area (Å²) in [6, 6.07) is 1.39. The van der Waals surface area contributed by atoms with E-state index in [4.69, 9.17) is 10.3 Å². The Kier molecular flexibility index (Phi) is 4.52. The van der Waals surface area contributed by atoms with E-state index in [9.17, 15) is 13.2 Å². The van der Waals surface area contributed by atoms with Crippen LogP contribution < -0.4 is 11.3 Å². The topological polar surface area (TPSA) is 51.2 Å². The van der Waals surface area contributed by atoms with Gasteiger partial charge in [0.25, 0.3) is 0 Å². The van der Waals surface area contributed by atoms with Crippen molar-refractivity contribution in [3.63, 3.8) is 0 Å². The minimum Gasteiger partial charge on any atom is -0.472 e. The zero-order valence-corrected chi connectivity index (χ0v) is 10.6. The normalized spacial score (nSPS) is 26.3. The monoisotopic (exact) mass is 276 g/mol. The van der Waals surface area contributed by atoms with Crippen LogP contribution in [0.1, 0.15) is 31.2 Å². The first-order valence-corrected chi connectivity index (χ1v) is 6.56. The minimum absolute atomic E-state index is 0.206. The summed E-state index contributed by atoms with van der Waals surface area (Å²) in [5.41, 5.74) is 3.44. The van der Waals surface area contributed by atoms with Gasteiger partial charge in [-0.2, -0.15) is 13.2 Å². The van der Waals surface area contributed by atoms with E-state index in [-0.39, 0.29) is 12.5 Å². The molecule has 3 N–H and O–H groups in total. The first-order chi connectivity index (χ1) is 9.02. The molecule has 1 fully saturated rings. The van der Waals surface area contributed by atoms with Crippen molar-refractivity contribution in [2.45, 2.75) is 44.3 Å². The Balaban J connectivity index is 2.10. The van der Waals surface area contributed by atoms with Crippen LogP contribution in [0.15, 0.2) is 23.0 Å². The van der Waals surface area contributed by atoms with E-state index in [2.05, 4.69) is 5.43 Å². The van der Waals surface area contributed by atoms with Gasteiger partial charge in [0.15, 0.2) is 0 Å². The van der Waals surface area contributed by atoms with Crippen LogP contribution in [-0.2, 0) is 6.42 Å². The Hall–Kier alpha value is -1.01. The van der Waals surface area contributed by atoms with Crippen LogP contribution in [-0.4, -0.2) is 12.2 Å². The summed E-state index contributed by atoms with van der Waals surface area (Å²) >= 11 is 0. The zero-order valence-electron chi connectivity index (χ0n) is 10.6. The number of furan rings is 1. The predicted octanol–water partition coefficient (Wildman–Crippen LogP) is 3.02. The van der Waals surface area contributed by atoms with Gasteiger partial charge >= 0.3 is 6.18 Å². The highest BCUT2D eigenvalue weighted by molar-refractivity contribution is 5.08. The molecule has 108 valence electrons. The number of alkyl halides is 3. The lowest BCUT2D eigenvalue weighted by atomic mass is 9.73. The Morgan fingerprint density at radius 1 is 1.37 bits per heavy atom. The molecule has 1 heterocycles. The molecular formula is C13H19F3N2O.